The summed E-state index contributed by atoms with van der Waals surface area (Å²) in [5, 5.41) is 9.53. The minimum atomic E-state index is -0.731. The zero-order valence-electron chi connectivity index (χ0n) is 19.2. The van der Waals surface area contributed by atoms with Gasteiger partial charge in [-0.25, -0.2) is 4.39 Å². The monoisotopic (exact) mass is 438 g/mol. The van der Waals surface area contributed by atoms with Gasteiger partial charge in [-0.1, -0.05) is 38.1 Å². The first-order chi connectivity index (χ1) is 15.5. The van der Waals surface area contributed by atoms with E-state index in [2.05, 4.69) is 13.0 Å². The number of carboxylic acids is 1. The summed E-state index contributed by atoms with van der Waals surface area (Å²) in [4.78, 5) is 11.6. The molecular weight excluding hydrogens is 403 g/mol. The molecule has 2 atom stereocenters. The number of aryl methyl sites for hydroxylation is 1. The SMILES string of the molecule is CCc1ccc(F)c(C2CCC(COc3cccc(C(C4CC4)[C@H](C)C(=O)O)c3)CC2)c1. The predicted octanol–water partition coefficient (Wildman–Crippen LogP) is 6.96. The summed E-state index contributed by atoms with van der Waals surface area (Å²) < 4.78 is 20.5. The first-order valence-corrected chi connectivity index (χ1v) is 12.2. The van der Waals surface area contributed by atoms with Gasteiger partial charge in [-0.05, 0) is 104 Å². The second kappa shape index (κ2) is 10.1. The molecule has 0 heterocycles. The first kappa shape index (κ1) is 22.8. The zero-order valence-corrected chi connectivity index (χ0v) is 19.2. The second-order valence-corrected chi connectivity index (χ2v) is 9.80. The number of halogens is 1. The molecule has 0 aromatic heterocycles. The highest BCUT2D eigenvalue weighted by molar-refractivity contribution is 5.71. The normalized spacial score (nSPS) is 22.8. The maximum Gasteiger partial charge on any atom is 0.306 e. The highest BCUT2D eigenvalue weighted by Crippen LogP contribution is 2.47. The van der Waals surface area contributed by atoms with E-state index in [1.807, 2.05) is 37.3 Å². The average Bonchev–Trinajstić information content (AvgIpc) is 3.64. The molecule has 2 aromatic rings. The van der Waals surface area contributed by atoms with Crippen LogP contribution >= 0.6 is 0 Å². The molecule has 0 bridgehead atoms. The third-order valence-electron chi connectivity index (χ3n) is 7.54. The number of ether oxygens (including phenoxy) is 1. The van der Waals surface area contributed by atoms with E-state index in [9.17, 15) is 14.3 Å². The van der Waals surface area contributed by atoms with Crippen LogP contribution in [0.3, 0.4) is 0 Å². The molecule has 0 radical (unpaired) electrons. The van der Waals surface area contributed by atoms with E-state index in [4.69, 9.17) is 4.74 Å². The van der Waals surface area contributed by atoms with Crippen molar-refractivity contribution < 1.29 is 19.0 Å². The van der Waals surface area contributed by atoms with E-state index in [0.717, 1.165) is 61.8 Å². The van der Waals surface area contributed by atoms with Gasteiger partial charge in [0.05, 0.1) is 12.5 Å². The van der Waals surface area contributed by atoms with Gasteiger partial charge >= 0.3 is 5.97 Å². The van der Waals surface area contributed by atoms with Crippen molar-refractivity contribution in [1.29, 1.82) is 0 Å². The summed E-state index contributed by atoms with van der Waals surface area (Å²) in [5.41, 5.74) is 3.17. The molecule has 2 fully saturated rings. The fraction of sp³-hybridized carbons (Fsp3) is 0.536. The zero-order chi connectivity index (χ0) is 22.7. The van der Waals surface area contributed by atoms with E-state index < -0.39 is 5.97 Å². The Kier molecular flexibility index (Phi) is 7.17. The van der Waals surface area contributed by atoms with Gasteiger partial charge in [0, 0.05) is 0 Å². The summed E-state index contributed by atoms with van der Waals surface area (Å²) in [6.45, 7) is 4.59. The van der Waals surface area contributed by atoms with Crippen LogP contribution in [0.25, 0.3) is 0 Å². The smallest absolute Gasteiger partial charge is 0.306 e. The minimum Gasteiger partial charge on any atom is -0.493 e. The second-order valence-electron chi connectivity index (χ2n) is 9.80. The molecule has 2 aliphatic rings. The molecule has 2 aromatic carbocycles. The average molecular weight is 439 g/mol. The standard InChI is InChI=1S/C28H35FO3/c1-3-19-9-14-26(29)25(15-19)21-10-7-20(8-11-21)17-32-24-6-4-5-23(16-24)27(22-12-13-22)18(2)28(30)31/h4-6,9,14-16,18,20-22,27H,3,7-8,10-13,17H2,1-2H3,(H,30,31)/t18-,20?,21?,27?/m0/s1. The van der Waals surface area contributed by atoms with Gasteiger partial charge in [-0.15, -0.1) is 0 Å². The van der Waals surface area contributed by atoms with Crippen LogP contribution in [0.4, 0.5) is 4.39 Å². The molecule has 2 aliphatic carbocycles. The third kappa shape index (κ3) is 5.33. The fourth-order valence-electron chi connectivity index (χ4n) is 5.37. The molecule has 3 nitrogen and oxygen atoms in total. The lowest BCUT2D eigenvalue weighted by molar-refractivity contribution is -0.142. The first-order valence-electron chi connectivity index (χ1n) is 12.2. The van der Waals surface area contributed by atoms with Gasteiger partial charge in [-0.2, -0.15) is 0 Å². The van der Waals surface area contributed by atoms with Crippen molar-refractivity contribution >= 4 is 5.97 Å². The number of rotatable bonds is 9. The van der Waals surface area contributed by atoms with Crippen LogP contribution in [0, 0.1) is 23.6 Å². The molecule has 172 valence electrons. The van der Waals surface area contributed by atoms with E-state index in [1.54, 1.807) is 6.07 Å². The molecule has 2 saturated carbocycles. The molecule has 0 saturated heterocycles. The third-order valence-corrected chi connectivity index (χ3v) is 7.54. The molecule has 0 amide bonds. The Morgan fingerprint density at radius 1 is 1.09 bits per heavy atom. The molecule has 1 unspecified atom stereocenters. The molecule has 0 spiro atoms. The maximum atomic E-state index is 14.4. The molecule has 4 heteroatoms. The molecule has 4 rings (SSSR count). The van der Waals surface area contributed by atoms with Crippen LogP contribution < -0.4 is 4.74 Å². The van der Waals surface area contributed by atoms with E-state index >= 15 is 0 Å². The quantitative estimate of drug-likeness (QED) is 0.460. The van der Waals surface area contributed by atoms with Crippen LogP contribution in [0.15, 0.2) is 42.5 Å². The van der Waals surface area contributed by atoms with Crippen LogP contribution in [0.2, 0.25) is 0 Å². The number of aliphatic carboxylic acids is 1. The van der Waals surface area contributed by atoms with Crippen LogP contribution in [0.5, 0.6) is 5.75 Å². The van der Waals surface area contributed by atoms with Gasteiger partial charge in [0.25, 0.3) is 0 Å². The molecule has 1 N–H and O–H groups in total. The van der Waals surface area contributed by atoms with E-state index in [-0.39, 0.29) is 17.7 Å². The van der Waals surface area contributed by atoms with Crippen molar-refractivity contribution in [3.8, 4) is 5.75 Å². The fourth-order valence-corrected chi connectivity index (χ4v) is 5.37. The van der Waals surface area contributed by atoms with Crippen LogP contribution in [-0.2, 0) is 11.2 Å². The van der Waals surface area contributed by atoms with Crippen molar-refractivity contribution in [1.82, 2.24) is 0 Å². The number of hydrogen-bond acceptors (Lipinski definition) is 2. The lowest BCUT2D eigenvalue weighted by atomic mass is 9.78. The summed E-state index contributed by atoms with van der Waals surface area (Å²) in [6, 6.07) is 13.6. The Balaban J connectivity index is 1.33. The Morgan fingerprint density at radius 2 is 1.84 bits per heavy atom. The number of hydrogen-bond donors (Lipinski definition) is 1. The van der Waals surface area contributed by atoms with Crippen molar-refractivity contribution in [2.45, 2.75) is 70.6 Å². The van der Waals surface area contributed by atoms with E-state index in [0.29, 0.717) is 24.4 Å². The Hall–Kier alpha value is -2.36. The topological polar surface area (TPSA) is 46.5 Å². The summed E-state index contributed by atoms with van der Waals surface area (Å²) >= 11 is 0. The highest BCUT2D eigenvalue weighted by atomic mass is 19.1. The van der Waals surface area contributed by atoms with Gasteiger partial charge in [0.1, 0.15) is 11.6 Å². The van der Waals surface area contributed by atoms with Crippen LogP contribution in [-0.4, -0.2) is 17.7 Å². The lowest BCUT2D eigenvalue weighted by Crippen LogP contribution is -2.21. The highest BCUT2D eigenvalue weighted by Gasteiger charge is 2.38. The van der Waals surface area contributed by atoms with Gasteiger partial charge < -0.3 is 9.84 Å². The minimum absolute atomic E-state index is 0.0558. The van der Waals surface area contributed by atoms with Crippen LogP contribution in [0.1, 0.15) is 80.9 Å². The Morgan fingerprint density at radius 3 is 2.50 bits per heavy atom. The summed E-state index contributed by atoms with van der Waals surface area (Å²) in [7, 11) is 0. The van der Waals surface area contributed by atoms with Crippen molar-refractivity contribution in [3.05, 3.63) is 65.0 Å². The van der Waals surface area contributed by atoms with Crippen molar-refractivity contribution in [2.75, 3.05) is 6.61 Å². The van der Waals surface area contributed by atoms with Gasteiger partial charge in [0.15, 0.2) is 0 Å². The van der Waals surface area contributed by atoms with Crippen molar-refractivity contribution in [3.63, 3.8) is 0 Å². The molecular formula is C28H35FO3. The maximum absolute atomic E-state index is 14.4. The summed E-state index contributed by atoms with van der Waals surface area (Å²) in [6.07, 6.45) is 7.23. The van der Waals surface area contributed by atoms with E-state index in [1.165, 1.54) is 5.56 Å². The van der Waals surface area contributed by atoms with Gasteiger partial charge in [-0.3, -0.25) is 4.79 Å². The van der Waals surface area contributed by atoms with Gasteiger partial charge in [0.2, 0.25) is 0 Å². The molecule has 0 aliphatic heterocycles. The van der Waals surface area contributed by atoms with Crippen molar-refractivity contribution in [2.24, 2.45) is 17.8 Å². The summed E-state index contributed by atoms with van der Waals surface area (Å²) in [5.74, 6) is 0.945. The Bertz CT molecular complexity index is 928. The molecule has 32 heavy (non-hydrogen) atoms. The lowest BCUT2D eigenvalue weighted by Gasteiger charge is -2.29. The largest absolute Gasteiger partial charge is 0.493 e. The number of carboxylic acid groups (broad SMARTS) is 1. The number of benzene rings is 2. The Labute approximate surface area is 191 Å². The number of carbonyl (C=O) groups is 1. The predicted molar refractivity (Wildman–Crippen MR) is 125 cm³/mol.